The molecule has 1 aromatic rings. The van der Waals surface area contributed by atoms with Crippen molar-refractivity contribution in [2.24, 2.45) is 5.73 Å². The molecule has 1 heterocycles. The highest BCUT2D eigenvalue weighted by Gasteiger charge is 1.96. The summed E-state index contributed by atoms with van der Waals surface area (Å²) in [6.07, 6.45) is 2.78. The van der Waals surface area contributed by atoms with Crippen molar-refractivity contribution < 1.29 is 14.7 Å². The summed E-state index contributed by atoms with van der Waals surface area (Å²) in [6, 6.07) is 0. The average molecular weight is 157 g/mol. The standard InChI is InChI=1S/C4H5N3O.CH2O2/c5-4(8)3-1-6-2-7-3;2-1-3/h1-2H,(H2,5,8)(H,6,7);1H,(H,2,3). The number of aromatic amines is 1. The molecule has 0 atom stereocenters. The molecule has 1 amide bonds. The molecule has 6 nitrogen and oxygen atoms in total. The van der Waals surface area contributed by atoms with E-state index in [9.17, 15) is 4.79 Å². The van der Waals surface area contributed by atoms with E-state index in [1.807, 2.05) is 0 Å². The molecule has 0 aromatic carbocycles. The third-order valence-corrected chi connectivity index (χ3v) is 0.764. The number of carbonyl (C=O) groups is 2. The van der Waals surface area contributed by atoms with Crippen LogP contribution in [0.3, 0.4) is 0 Å². The highest BCUT2D eigenvalue weighted by Crippen LogP contribution is 1.85. The van der Waals surface area contributed by atoms with Crippen molar-refractivity contribution in [3.63, 3.8) is 0 Å². The molecule has 6 heteroatoms. The van der Waals surface area contributed by atoms with Crippen molar-refractivity contribution in [1.29, 1.82) is 0 Å². The highest BCUT2D eigenvalue weighted by molar-refractivity contribution is 5.90. The van der Waals surface area contributed by atoms with E-state index in [0.29, 0.717) is 5.69 Å². The topological polar surface area (TPSA) is 109 Å². The Hall–Kier alpha value is -1.85. The molecule has 60 valence electrons. The van der Waals surface area contributed by atoms with Crippen molar-refractivity contribution in [3.8, 4) is 0 Å². The number of rotatable bonds is 1. The second kappa shape index (κ2) is 4.98. The largest absolute Gasteiger partial charge is 0.483 e. The Kier molecular flexibility index (Phi) is 4.14. The van der Waals surface area contributed by atoms with Gasteiger partial charge in [-0.25, -0.2) is 4.98 Å². The predicted octanol–water partition coefficient (Wildman–Crippen LogP) is -0.791. The predicted molar refractivity (Wildman–Crippen MR) is 35.8 cm³/mol. The number of carboxylic acid groups (broad SMARTS) is 1. The molecule has 1 rings (SSSR count). The summed E-state index contributed by atoms with van der Waals surface area (Å²) >= 11 is 0. The number of primary amides is 1. The zero-order chi connectivity index (χ0) is 8.69. The Bertz CT molecular complexity index is 219. The Morgan fingerprint density at radius 1 is 1.82 bits per heavy atom. The summed E-state index contributed by atoms with van der Waals surface area (Å²) in [5.41, 5.74) is 5.19. The molecule has 0 saturated carbocycles. The Labute approximate surface area is 62.1 Å². The normalized spacial score (nSPS) is 7.64. The van der Waals surface area contributed by atoms with E-state index >= 15 is 0 Å². The van der Waals surface area contributed by atoms with Crippen molar-refractivity contribution in [3.05, 3.63) is 18.2 Å². The van der Waals surface area contributed by atoms with E-state index in [-0.39, 0.29) is 6.47 Å². The minimum atomic E-state index is -0.484. The minimum Gasteiger partial charge on any atom is -0.483 e. The lowest BCUT2D eigenvalue weighted by Crippen LogP contribution is -2.10. The van der Waals surface area contributed by atoms with Crippen LogP contribution < -0.4 is 5.73 Å². The van der Waals surface area contributed by atoms with E-state index in [4.69, 9.17) is 15.6 Å². The molecule has 0 aliphatic carbocycles. The van der Waals surface area contributed by atoms with Crippen molar-refractivity contribution in [2.45, 2.75) is 0 Å². The number of nitrogens with one attached hydrogen (secondary N) is 1. The number of carbonyl (C=O) groups excluding carboxylic acids is 1. The maximum Gasteiger partial charge on any atom is 0.290 e. The minimum absolute atomic E-state index is 0.250. The number of nitrogens with zero attached hydrogens (tertiary/aromatic N) is 1. The summed E-state index contributed by atoms with van der Waals surface area (Å²) < 4.78 is 0. The van der Waals surface area contributed by atoms with E-state index < -0.39 is 5.91 Å². The molecule has 0 aliphatic rings. The number of amides is 1. The monoisotopic (exact) mass is 157 g/mol. The molecular weight excluding hydrogens is 150 g/mol. The molecule has 0 fully saturated rings. The number of H-pyrrole nitrogens is 1. The Morgan fingerprint density at radius 2 is 2.36 bits per heavy atom. The van der Waals surface area contributed by atoms with Gasteiger partial charge < -0.3 is 15.8 Å². The van der Waals surface area contributed by atoms with Crippen molar-refractivity contribution >= 4 is 12.4 Å². The molecule has 0 saturated heterocycles. The quantitative estimate of drug-likeness (QED) is 0.464. The van der Waals surface area contributed by atoms with E-state index in [0.717, 1.165) is 0 Å². The van der Waals surface area contributed by atoms with Gasteiger partial charge in [0.1, 0.15) is 5.69 Å². The Morgan fingerprint density at radius 3 is 2.55 bits per heavy atom. The number of hydrogen-bond acceptors (Lipinski definition) is 3. The highest BCUT2D eigenvalue weighted by atomic mass is 16.3. The zero-order valence-corrected chi connectivity index (χ0v) is 5.52. The van der Waals surface area contributed by atoms with Crippen LogP contribution in [0.5, 0.6) is 0 Å². The van der Waals surface area contributed by atoms with Gasteiger partial charge in [-0.05, 0) is 0 Å². The summed E-state index contributed by atoms with van der Waals surface area (Å²) in [6.45, 7) is -0.250. The summed E-state index contributed by atoms with van der Waals surface area (Å²) in [5.74, 6) is -0.484. The lowest BCUT2D eigenvalue weighted by Gasteiger charge is -1.80. The van der Waals surface area contributed by atoms with Crippen LogP contribution in [0.15, 0.2) is 12.5 Å². The summed E-state index contributed by atoms with van der Waals surface area (Å²) in [7, 11) is 0. The fourth-order valence-electron chi connectivity index (χ4n) is 0.391. The van der Waals surface area contributed by atoms with Crippen molar-refractivity contribution in [2.75, 3.05) is 0 Å². The van der Waals surface area contributed by atoms with E-state index in [1.165, 1.54) is 12.5 Å². The average Bonchev–Trinajstić information content (AvgIpc) is 2.38. The molecule has 0 radical (unpaired) electrons. The van der Waals surface area contributed by atoms with Crippen LogP contribution in [0.2, 0.25) is 0 Å². The first kappa shape index (κ1) is 9.15. The van der Waals surface area contributed by atoms with E-state index in [1.54, 1.807) is 0 Å². The Balaban J connectivity index is 0.000000292. The molecular formula is C5H7N3O3. The van der Waals surface area contributed by atoms with Gasteiger partial charge in [-0.2, -0.15) is 0 Å². The molecule has 0 unspecified atom stereocenters. The van der Waals surface area contributed by atoms with Gasteiger partial charge in [-0.3, -0.25) is 9.59 Å². The summed E-state index contributed by atoms with van der Waals surface area (Å²) in [5, 5.41) is 6.89. The SMILES string of the molecule is NC(=O)c1cnc[nH]1.O=CO. The third-order valence-electron chi connectivity index (χ3n) is 0.764. The van der Waals surface area contributed by atoms with Crippen LogP contribution in [-0.2, 0) is 4.79 Å². The van der Waals surface area contributed by atoms with Gasteiger partial charge in [-0.1, -0.05) is 0 Å². The zero-order valence-electron chi connectivity index (χ0n) is 5.52. The van der Waals surface area contributed by atoms with Gasteiger partial charge in [0, 0.05) is 0 Å². The van der Waals surface area contributed by atoms with Gasteiger partial charge in [0.15, 0.2) is 0 Å². The van der Waals surface area contributed by atoms with Crippen LogP contribution in [0, 0.1) is 0 Å². The third kappa shape index (κ3) is 3.68. The first-order valence-electron chi connectivity index (χ1n) is 2.58. The molecule has 4 N–H and O–H groups in total. The second-order valence-electron chi connectivity index (χ2n) is 1.43. The number of aromatic nitrogens is 2. The van der Waals surface area contributed by atoms with Crippen molar-refractivity contribution in [1.82, 2.24) is 9.97 Å². The number of nitrogens with two attached hydrogens (primary N) is 1. The first-order chi connectivity index (χ1) is 5.22. The van der Waals surface area contributed by atoms with Gasteiger partial charge in [0.2, 0.25) is 0 Å². The summed E-state index contributed by atoms with van der Waals surface area (Å²) in [4.78, 5) is 24.7. The molecule has 11 heavy (non-hydrogen) atoms. The maximum atomic E-state index is 10.2. The van der Waals surface area contributed by atoms with Crippen LogP contribution >= 0.6 is 0 Å². The maximum absolute atomic E-state index is 10.2. The van der Waals surface area contributed by atoms with Gasteiger partial charge >= 0.3 is 0 Å². The van der Waals surface area contributed by atoms with E-state index in [2.05, 4.69) is 9.97 Å². The fourth-order valence-corrected chi connectivity index (χ4v) is 0.391. The fraction of sp³-hybridized carbons (Fsp3) is 0. The van der Waals surface area contributed by atoms with Gasteiger partial charge in [0.05, 0.1) is 12.5 Å². The number of imidazole rings is 1. The molecule has 1 aromatic heterocycles. The molecule has 0 bridgehead atoms. The van der Waals surface area contributed by atoms with Gasteiger partial charge in [0.25, 0.3) is 12.4 Å². The lowest BCUT2D eigenvalue weighted by atomic mass is 10.5. The first-order valence-corrected chi connectivity index (χ1v) is 2.58. The second-order valence-corrected chi connectivity index (χ2v) is 1.43. The van der Waals surface area contributed by atoms with Gasteiger partial charge in [-0.15, -0.1) is 0 Å². The molecule has 0 spiro atoms. The van der Waals surface area contributed by atoms with Crippen LogP contribution in [-0.4, -0.2) is 27.5 Å². The van der Waals surface area contributed by atoms with Crippen LogP contribution in [0.25, 0.3) is 0 Å². The lowest BCUT2D eigenvalue weighted by molar-refractivity contribution is -0.122. The smallest absolute Gasteiger partial charge is 0.290 e. The molecule has 0 aliphatic heterocycles. The van der Waals surface area contributed by atoms with Crippen LogP contribution in [0.4, 0.5) is 0 Å². The number of hydrogen-bond donors (Lipinski definition) is 3. The van der Waals surface area contributed by atoms with Crippen LogP contribution in [0.1, 0.15) is 10.5 Å².